The normalized spacial score (nSPS) is 16.2. The van der Waals surface area contributed by atoms with Crippen LogP contribution >= 0.6 is 11.3 Å². The van der Waals surface area contributed by atoms with Crippen LogP contribution in [0, 0.1) is 6.92 Å². The topological polar surface area (TPSA) is 74.3 Å². The third-order valence-corrected chi connectivity index (χ3v) is 4.61. The molecule has 1 saturated heterocycles. The molecule has 7 heteroatoms. The van der Waals surface area contributed by atoms with Crippen molar-refractivity contribution >= 4 is 23.2 Å². The number of likely N-dealkylation sites (tertiary alicyclic amines) is 1. The first-order valence-electron chi connectivity index (χ1n) is 7.41. The lowest BCUT2D eigenvalue weighted by Gasteiger charge is -2.31. The molecule has 0 bridgehead atoms. The van der Waals surface area contributed by atoms with E-state index in [1.54, 1.807) is 11.6 Å². The lowest BCUT2D eigenvalue weighted by Crippen LogP contribution is -2.47. The van der Waals surface area contributed by atoms with Crippen molar-refractivity contribution < 1.29 is 9.59 Å². The molecule has 2 heterocycles. The van der Waals surface area contributed by atoms with E-state index >= 15 is 0 Å². The molecule has 0 radical (unpaired) electrons. The average molecular weight is 322 g/mol. The third-order valence-electron chi connectivity index (χ3n) is 3.69. The van der Waals surface area contributed by atoms with E-state index in [0.29, 0.717) is 18.0 Å². The van der Waals surface area contributed by atoms with E-state index in [4.69, 9.17) is 0 Å². The highest BCUT2D eigenvalue weighted by Gasteiger charge is 2.23. The van der Waals surface area contributed by atoms with E-state index in [0.717, 1.165) is 31.6 Å². The zero-order valence-electron chi connectivity index (χ0n) is 12.8. The van der Waals surface area contributed by atoms with Crippen molar-refractivity contribution in [3.05, 3.63) is 28.7 Å². The van der Waals surface area contributed by atoms with Gasteiger partial charge in [-0.3, -0.25) is 14.5 Å². The van der Waals surface area contributed by atoms with Crippen molar-refractivity contribution in [2.75, 3.05) is 26.2 Å². The molecule has 2 amide bonds. The molecule has 0 atom stereocenters. The first kappa shape index (κ1) is 16.6. The molecule has 0 unspecified atom stereocenters. The van der Waals surface area contributed by atoms with E-state index in [9.17, 15) is 9.59 Å². The SMILES string of the molecule is C=CCNC(=O)CN1CCC(NC(=O)c2scnc2C)CC1. The van der Waals surface area contributed by atoms with Gasteiger partial charge >= 0.3 is 0 Å². The maximum absolute atomic E-state index is 12.1. The predicted molar refractivity (Wildman–Crippen MR) is 87.0 cm³/mol. The van der Waals surface area contributed by atoms with Crippen molar-refractivity contribution in [1.82, 2.24) is 20.5 Å². The van der Waals surface area contributed by atoms with Gasteiger partial charge in [0.2, 0.25) is 5.91 Å². The molecule has 1 aromatic rings. The van der Waals surface area contributed by atoms with Crippen molar-refractivity contribution in [3.8, 4) is 0 Å². The summed E-state index contributed by atoms with van der Waals surface area (Å²) in [6, 6.07) is 0.168. The molecule has 1 aromatic heterocycles. The van der Waals surface area contributed by atoms with Crippen LogP contribution in [0.4, 0.5) is 0 Å². The van der Waals surface area contributed by atoms with Gasteiger partial charge in [0.25, 0.3) is 5.91 Å². The Morgan fingerprint density at radius 3 is 2.82 bits per heavy atom. The van der Waals surface area contributed by atoms with Crippen LogP contribution in [0.15, 0.2) is 18.2 Å². The van der Waals surface area contributed by atoms with Gasteiger partial charge in [-0.2, -0.15) is 0 Å². The van der Waals surface area contributed by atoms with Crippen molar-refractivity contribution in [2.24, 2.45) is 0 Å². The first-order valence-corrected chi connectivity index (χ1v) is 8.29. The largest absolute Gasteiger partial charge is 0.352 e. The molecule has 1 aliphatic rings. The molecule has 0 aromatic carbocycles. The first-order chi connectivity index (χ1) is 10.6. The quantitative estimate of drug-likeness (QED) is 0.765. The van der Waals surface area contributed by atoms with Crippen molar-refractivity contribution in [1.29, 1.82) is 0 Å². The zero-order chi connectivity index (χ0) is 15.9. The number of hydrogen-bond donors (Lipinski definition) is 2. The van der Waals surface area contributed by atoms with Gasteiger partial charge in [-0.1, -0.05) is 6.08 Å². The molecule has 22 heavy (non-hydrogen) atoms. The molecular formula is C15H22N4O2S. The summed E-state index contributed by atoms with van der Waals surface area (Å²) >= 11 is 1.37. The Hall–Kier alpha value is -1.73. The fourth-order valence-electron chi connectivity index (χ4n) is 2.45. The number of carbonyl (C=O) groups excluding carboxylic acids is 2. The minimum absolute atomic E-state index is 0.0164. The second-order valence-electron chi connectivity index (χ2n) is 5.38. The Morgan fingerprint density at radius 2 is 2.23 bits per heavy atom. The van der Waals surface area contributed by atoms with E-state index < -0.39 is 0 Å². The van der Waals surface area contributed by atoms with E-state index in [1.807, 2.05) is 6.92 Å². The molecule has 0 spiro atoms. The second-order valence-corrected chi connectivity index (χ2v) is 6.24. The standard InChI is InChI=1S/C15H22N4O2S/c1-3-6-16-13(20)9-19-7-4-12(5-8-19)18-15(21)14-11(2)17-10-22-14/h3,10,12H,1,4-9H2,2H3,(H,16,20)(H,18,21). The Bertz CT molecular complexity index is 535. The van der Waals surface area contributed by atoms with Gasteiger partial charge in [-0.05, 0) is 19.8 Å². The summed E-state index contributed by atoms with van der Waals surface area (Å²) in [4.78, 5) is 30.7. The van der Waals surface area contributed by atoms with E-state index in [1.165, 1.54) is 11.3 Å². The molecule has 120 valence electrons. The molecule has 0 saturated carbocycles. The van der Waals surface area contributed by atoms with Gasteiger partial charge < -0.3 is 10.6 Å². The Morgan fingerprint density at radius 1 is 1.50 bits per heavy atom. The molecule has 2 rings (SSSR count). The number of piperidine rings is 1. The van der Waals surface area contributed by atoms with Gasteiger partial charge in [0.15, 0.2) is 0 Å². The number of nitrogens with one attached hydrogen (secondary N) is 2. The number of rotatable bonds is 6. The minimum atomic E-state index is -0.0397. The van der Waals surface area contributed by atoms with Crippen LogP contribution in [-0.4, -0.2) is 53.9 Å². The lowest BCUT2D eigenvalue weighted by atomic mass is 10.0. The molecule has 0 aliphatic carbocycles. The van der Waals surface area contributed by atoms with Crippen LogP contribution in [0.2, 0.25) is 0 Å². The average Bonchev–Trinajstić information content (AvgIpc) is 2.93. The Labute approximate surface area is 134 Å². The Kier molecular flexibility index (Phi) is 6.09. The third kappa shape index (κ3) is 4.64. The summed E-state index contributed by atoms with van der Waals surface area (Å²) in [6.45, 7) is 7.95. The van der Waals surface area contributed by atoms with E-state index in [2.05, 4.69) is 27.1 Å². The maximum Gasteiger partial charge on any atom is 0.263 e. The van der Waals surface area contributed by atoms with Gasteiger partial charge in [0.1, 0.15) is 4.88 Å². The predicted octanol–water partition coefficient (Wildman–Crippen LogP) is 0.948. The molecular weight excluding hydrogens is 300 g/mol. The highest BCUT2D eigenvalue weighted by molar-refractivity contribution is 7.11. The summed E-state index contributed by atoms with van der Waals surface area (Å²) in [5.74, 6) is -0.0233. The summed E-state index contributed by atoms with van der Waals surface area (Å²) in [6.07, 6.45) is 3.39. The van der Waals surface area contributed by atoms with Gasteiger partial charge in [0, 0.05) is 25.7 Å². The Balaban J connectivity index is 1.73. The molecule has 1 aliphatic heterocycles. The number of carbonyl (C=O) groups is 2. The van der Waals surface area contributed by atoms with Crippen LogP contribution in [0.1, 0.15) is 28.2 Å². The zero-order valence-corrected chi connectivity index (χ0v) is 13.6. The van der Waals surface area contributed by atoms with Crippen molar-refractivity contribution in [3.63, 3.8) is 0 Å². The van der Waals surface area contributed by atoms with E-state index in [-0.39, 0.29) is 17.9 Å². The smallest absolute Gasteiger partial charge is 0.263 e. The van der Waals surface area contributed by atoms with Crippen LogP contribution < -0.4 is 10.6 Å². The van der Waals surface area contributed by atoms with Crippen LogP contribution in [0.3, 0.4) is 0 Å². The summed E-state index contributed by atoms with van der Waals surface area (Å²) < 4.78 is 0. The van der Waals surface area contributed by atoms with Crippen LogP contribution in [0.5, 0.6) is 0 Å². The number of aryl methyl sites for hydroxylation is 1. The molecule has 1 fully saturated rings. The lowest BCUT2D eigenvalue weighted by molar-refractivity contribution is -0.122. The summed E-state index contributed by atoms with van der Waals surface area (Å²) in [5, 5.41) is 5.84. The van der Waals surface area contributed by atoms with Gasteiger partial charge in [-0.25, -0.2) is 4.98 Å². The highest BCUT2D eigenvalue weighted by atomic mass is 32.1. The number of hydrogen-bond acceptors (Lipinski definition) is 5. The highest BCUT2D eigenvalue weighted by Crippen LogP contribution is 2.15. The number of nitrogens with zero attached hydrogens (tertiary/aromatic N) is 2. The summed E-state index contributed by atoms with van der Waals surface area (Å²) in [7, 11) is 0. The monoisotopic (exact) mass is 322 g/mol. The summed E-state index contributed by atoms with van der Waals surface area (Å²) in [5.41, 5.74) is 2.47. The van der Waals surface area contributed by atoms with Crippen molar-refractivity contribution in [2.45, 2.75) is 25.8 Å². The maximum atomic E-state index is 12.1. The minimum Gasteiger partial charge on any atom is -0.352 e. The van der Waals surface area contributed by atoms with Crippen LogP contribution in [-0.2, 0) is 4.79 Å². The fraction of sp³-hybridized carbons (Fsp3) is 0.533. The van der Waals surface area contributed by atoms with Gasteiger partial charge in [-0.15, -0.1) is 17.9 Å². The van der Waals surface area contributed by atoms with Gasteiger partial charge in [0.05, 0.1) is 17.7 Å². The second kappa shape index (κ2) is 8.05. The number of aromatic nitrogens is 1. The number of amides is 2. The fourth-order valence-corrected chi connectivity index (χ4v) is 3.16. The molecule has 2 N–H and O–H groups in total. The van der Waals surface area contributed by atoms with Crippen LogP contribution in [0.25, 0.3) is 0 Å². The molecule has 6 nitrogen and oxygen atoms in total. The number of thiazole rings is 1.